The summed E-state index contributed by atoms with van der Waals surface area (Å²) >= 11 is 0. The lowest BCUT2D eigenvalue weighted by Gasteiger charge is -2.21. The average Bonchev–Trinajstić information content (AvgIpc) is 2.83. The lowest BCUT2D eigenvalue weighted by Crippen LogP contribution is -2.25. The zero-order chi connectivity index (χ0) is 18.1. The normalized spacial score (nSPS) is 11.4. The molecule has 2 aromatic rings. The number of carboxylic acids is 1. The molecule has 0 bridgehead atoms. The van der Waals surface area contributed by atoms with Crippen LogP contribution in [-0.4, -0.2) is 26.8 Å². The first-order valence-electron chi connectivity index (χ1n) is 7.46. The minimum Gasteiger partial charge on any atom is -0.481 e. The molecule has 0 aliphatic rings. The lowest BCUT2D eigenvalue weighted by molar-refractivity contribution is -0.136. The van der Waals surface area contributed by atoms with Gasteiger partial charge in [-0.3, -0.25) is 14.3 Å². The Kier molecular flexibility index (Phi) is 4.73. The summed E-state index contributed by atoms with van der Waals surface area (Å²) in [5.74, 6) is -2.18. The molecule has 0 aliphatic heterocycles. The van der Waals surface area contributed by atoms with Crippen LogP contribution in [0.15, 0.2) is 24.4 Å². The van der Waals surface area contributed by atoms with Gasteiger partial charge in [0.05, 0.1) is 23.7 Å². The van der Waals surface area contributed by atoms with Crippen LogP contribution in [0, 0.1) is 12.7 Å². The number of nitrogens with one attached hydrogen (secondary N) is 1. The van der Waals surface area contributed by atoms with E-state index in [0.717, 1.165) is 6.07 Å². The number of halogens is 1. The van der Waals surface area contributed by atoms with Crippen molar-refractivity contribution in [2.75, 3.05) is 5.32 Å². The lowest BCUT2D eigenvalue weighted by atomic mass is 10.1. The summed E-state index contributed by atoms with van der Waals surface area (Å²) in [5.41, 5.74) is 1.18. The van der Waals surface area contributed by atoms with Gasteiger partial charge in [0.25, 0.3) is 5.91 Å². The molecule has 0 fully saturated rings. The zero-order valence-corrected chi connectivity index (χ0v) is 14.1. The molecular weight excluding hydrogens is 313 g/mol. The second-order valence-electron chi connectivity index (χ2n) is 6.56. The molecule has 1 aromatic heterocycles. The fourth-order valence-electron chi connectivity index (χ4n) is 2.44. The molecule has 1 amide bonds. The molecule has 24 heavy (non-hydrogen) atoms. The molecule has 2 N–H and O–H groups in total. The third kappa shape index (κ3) is 3.79. The van der Waals surface area contributed by atoms with Gasteiger partial charge in [-0.25, -0.2) is 4.39 Å². The predicted molar refractivity (Wildman–Crippen MR) is 87.7 cm³/mol. The Balaban J connectivity index is 2.20. The van der Waals surface area contributed by atoms with Gasteiger partial charge in [-0.05, 0) is 45.4 Å². The summed E-state index contributed by atoms with van der Waals surface area (Å²) in [6, 6.07) is 3.94. The number of aliphatic carboxylic acids is 1. The number of hydrogen-bond acceptors (Lipinski definition) is 3. The largest absolute Gasteiger partial charge is 0.481 e. The van der Waals surface area contributed by atoms with Gasteiger partial charge < -0.3 is 10.4 Å². The summed E-state index contributed by atoms with van der Waals surface area (Å²) in [6.45, 7) is 7.73. The monoisotopic (exact) mass is 333 g/mol. The van der Waals surface area contributed by atoms with Crippen LogP contribution >= 0.6 is 0 Å². The van der Waals surface area contributed by atoms with Gasteiger partial charge >= 0.3 is 5.97 Å². The molecule has 0 atom stereocenters. The van der Waals surface area contributed by atoms with E-state index >= 15 is 0 Å². The number of amides is 1. The zero-order valence-electron chi connectivity index (χ0n) is 14.1. The third-order valence-electron chi connectivity index (χ3n) is 3.54. The maximum atomic E-state index is 13.9. The summed E-state index contributed by atoms with van der Waals surface area (Å²) < 4.78 is 15.6. The fraction of sp³-hybridized carbons (Fsp3) is 0.353. The van der Waals surface area contributed by atoms with Crippen molar-refractivity contribution in [1.82, 2.24) is 9.78 Å². The molecular formula is C17H20FN3O3. The van der Waals surface area contributed by atoms with E-state index in [-0.39, 0.29) is 16.8 Å². The molecule has 1 aromatic carbocycles. The standard InChI is InChI=1S/C17H20FN3O3/c1-10-13(9-19-21(10)17(2,3)4)16(24)20-12-6-5-11(7-15(22)23)14(18)8-12/h5-6,8-9H,7H2,1-4H3,(H,20,24)(H,22,23). The smallest absolute Gasteiger partial charge is 0.307 e. The molecule has 0 saturated carbocycles. The van der Waals surface area contributed by atoms with Crippen LogP contribution in [0.4, 0.5) is 10.1 Å². The highest BCUT2D eigenvalue weighted by Crippen LogP contribution is 2.20. The van der Waals surface area contributed by atoms with Crippen molar-refractivity contribution in [2.24, 2.45) is 0 Å². The van der Waals surface area contributed by atoms with E-state index in [1.54, 1.807) is 11.6 Å². The Hall–Kier alpha value is -2.70. The summed E-state index contributed by atoms with van der Waals surface area (Å²) in [7, 11) is 0. The molecule has 128 valence electrons. The van der Waals surface area contributed by atoms with E-state index in [9.17, 15) is 14.0 Å². The first-order chi connectivity index (χ1) is 11.1. The molecule has 1 heterocycles. The molecule has 7 heteroatoms. The highest BCUT2D eigenvalue weighted by molar-refractivity contribution is 6.04. The van der Waals surface area contributed by atoms with Gasteiger partial charge in [0.1, 0.15) is 5.82 Å². The van der Waals surface area contributed by atoms with Gasteiger partial charge in [-0.2, -0.15) is 5.10 Å². The summed E-state index contributed by atoms with van der Waals surface area (Å²) in [4.78, 5) is 23.0. The van der Waals surface area contributed by atoms with Gasteiger partial charge in [0.15, 0.2) is 0 Å². The Morgan fingerprint density at radius 1 is 1.33 bits per heavy atom. The van der Waals surface area contributed by atoms with Crippen LogP contribution < -0.4 is 5.32 Å². The molecule has 0 radical (unpaired) electrons. The number of carbonyl (C=O) groups is 2. The Bertz CT molecular complexity index is 791. The second-order valence-corrected chi connectivity index (χ2v) is 6.56. The van der Waals surface area contributed by atoms with Crippen molar-refractivity contribution in [2.45, 2.75) is 39.7 Å². The van der Waals surface area contributed by atoms with E-state index in [1.807, 2.05) is 20.8 Å². The molecule has 0 spiro atoms. The van der Waals surface area contributed by atoms with Crippen LogP contribution in [0.2, 0.25) is 0 Å². The van der Waals surface area contributed by atoms with Crippen molar-refractivity contribution in [3.63, 3.8) is 0 Å². The van der Waals surface area contributed by atoms with E-state index < -0.39 is 24.1 Å². The maximum Gasteiger partial charge on any atom is 0.307 e. The Morgan fingerprint density at radius 2 is 2.00 bits per heavy atom. The number of benzene rings is 1. The second kappa shape index (κ2) is 6.43. The Labute approximate surface area is 139 Å². The van der Waals surface area contributed by atoms with Gasteiger partial charge in [-0.15, -0.1) is 0 Å². The fourth-order valence-corrected chi connectivity index (χ4v) is 2.44. The van der Waals surface area contributed by atoms with E-state index in [0.29, 0.717) is 11.3 Å². The first-order valence-corrected chi connectivity index (χ1v) is 7.46. The number of rotatable bonds is 4. The SMILES string of the molecule is Cc1c(C(=O)Nc2ccc(CC(=O)O)c(F)c2)cnn1C(C)(C)C. The average molecular weight is 333 g/mol. The number of carboxylic acid groups (broad SMARTS) is 1. The number of hydrogen-bond donors (Lipinski definition) is 2. The van der Waals surface area contributed by atoms with Crippen LogP contribution in [0.5, 0.6) is 0 Å². The molecule has 2 rings (SSSR count). The highest BCUT2D eigenvalue weighted by atomic mass is 19.1. The first kappa shape index (κ1) is 17.7. The van der Waals surface area contributed by atoms with Crippen molar-refractivity contribution in [1.29, 1.82) is 0 Å². The highest BCUT2D eigenvalue weighted by Gasteiger charge is 2.21. The molecule has 0 aliphatic carbocycles. The van der Waals surface area contributed by atoms with E-state index in [2.05, 4.69) is 10.4 Å². The number of aromatic nitrogens is 2. The van der Waals surface area contributed by atoms with Crippen molar-refractivity contribution < 1.29 is 19.1 Å². The third-order valence-corrected chi connectivity index (χ3v) is 3.54. The van der Waals surface area contributed by atoms with Crippen LogP contribution in [0.3, 0.4) is 0 Å². The summed E-state index contributed by atoms with van der Waals surface area (Å²) in [6.07, 6.45) is 1.07. The van der Waals surface area contributed by atoms with Crippen LogP contribution in [0.25, 0.3) is 0 Å². The quantitative estimate of drug-likeness (QED) is 0.901. The van der Waals surface area contributed by atoms with Crippen molar-refractivity contribution >= 4 is 17.6 Å². The summed E-state index contributed by atoms with van der Waals surface area (Å²) in [5, 5.41) is 15.5. The topological polar surface area (TPSA) is 84.2 Å². The molecule has 0 unspecified atom stereocenters. The minimum absolute atomic E-state index is 0.0669. The molecule has 0 saturated heterocycles. The number of nitrogens with zero attached hydrogens (tertiary/aromatic N) is 2. The molecule has 6 nitrogen and oxygen atoms in total. The van der Waals surface area contributed by atoms with E-state index in [1.165, 1.54) is 18.3 Å². The predicted octanol–water partition coefficient (Wildman–Crippen LogP) is 2.97. The van der Waals surface area contributed by atoms with Gasteiger partial charge in [-0.1, -0.05) is 6.07 Å². The van der Waals surface area contributed by atoms with Crippen molar-refractivity contribution in [3.8, 4) is 0 Å². The number of anilines is 1. The van der Waals surface area contributed by atoms with Crippen LogP contribution in [-0.2, 0) is 16.8 Å². The number of carbonyl (C=O) groups excluding carboxylic acids is 1. The minimum atomic E-state index is -1.11. The van der Waals surface area contributed by atoms with Gasteiger partial charge in [0, 0.05) is 11.4 Å². The van der Waals surface area contributed by atoms with Gasteiger partial charge in [0.2, 0.25) is 0 Å². The van der Waals surface area contributed by atoms with E-state index in [4.69, 9.17) is 5.11 Å². The van der Waals surface area contributed by atoms with Crippen LogP contribution in [0.1, 0.15) is 42.4 Å². The Morgan fingerprint density at radius 3 is 2.50 bits per heavy atom. The maximum absolute atomic E-state index is 13.9. The van der Waals surface area contributed by atoms with Crippen molar-refractivity contribution in [3.05, 3.63) is 47.0 Å².